The maximum Gasteiger partial charge on any atom is 0.412 e. The SMILES string of the molecule is CC(C)(C)OC(=O)Nc1ccc(C(=O)OCC(=O)NC[C@@H]2CCCO2)cc1. The van der Waals surface area contributed by atoms with E-state index in [1.165, 1.54) is 12.1 Å². The van der Waals surface area contributed by atoms with E-state index in [0.29, 0.717) is 18.8 Å². The minimum atomic E-state index is -0.619. The van der Waals surface area contributed by atoms with Gasteiger partial charge in [-0.2, -0.15) is 0 Å². The maximum atomic E-state index is 12.0. The fraction of sp³-hybridized carbons (Fsp3) is 0.526. The number of amides is 2. The molecule has 1 saturated heterocycles. The lowest BCUT2D eigenvalue weighted by molar-refractivity contribution is -0.124. The third-order valence-corrected chi connectivity index (χ3v) is 3.65. The van der Waals surface area contributed by atoms with Gasteiger partial charge in [0.25, 0.3) is 5.91 Å². The van der Waals surface area contributed by atoms with Crippen LogP contribution in [0.15, 0.2) is 24.3 Å². The van der Waals surface area contributed by atoms with Gasteiger partial charge in [0.1, 0.15) is 5.60 Å². The lowest BCUT2D eigenvalue weighted by Crippen LogP contribution is -2.34. The summed E-state index contributed by atoms with van der Waals surface area (Å²) in [6.45, 7) is 6.08. The second-order valence-electron chi connectivity index (χ2n) is 7.22. The summed E-state index contributed by atoms with van der Waals surface area (Å²) in [7, 11) is 0. The zero-order chi connectivity index (χ0) is 19.9. The molecule has 0 saturated carbocycles. The number of hydrogen-bond donors (Lipinski definition) is 2. The number of rotatable bonds is 6. The first kappa shape index (κ1) is 20.7. The molecule has 2 rings (SSSR count). The van der Waals surface area contributed by atoms with Gasteiger partial charge in [-0.15, -0.1) is 0 Å². The van der Waals surface area contributed by atoms with E-state index >= 15 is 0 Å². The average molecular weight is 378 g/mol. The fourth-order valence-electron chi connectivity index (χ4n) is 2.41. The van der Waals surface area contributed by atoms with Crippen LogP contribution in [0.4, 0.5) is 10.5 Å². The van der Waals surface area contributed by atoms with Crippen molar-refractivity contribution in [3.63, 3.8) is 0 Å². The highest BCUT2D eigenvalue weighted by atomic mass is 16.6. The lowest BCUT2D eigenvalue weighted by atomic mass is 10.2. The fourth-order valence-corrected chi connectivity index (χ4v) is 2.41. The predicted octanol–water partition coefficient (Wildman–Crippen LogP) is 2.49. The molecule has 1 aliphatic rings. The number of benzene rings is 1. The highest BCUT2D eigenvalue weighted by Crippen LogP contribution is 2.14. The minimum absolute atomic E-state index is 0.0367. The molecule has 1 heterocycles. The Labute approximate surface area is 158 Å². The Morgan fingerprint density at radius 2 is 1.89 bits per heavy atom. The number of hydrogen-bond acceptors (Lipinski definition) is 6. The van der Waals surface area contributed by atoms with Crippen molar-refractivity contribution in [3.8, 4) is 0 Å². The Morgan fingerprint density at radius 1 is 1.19 bits per heavy atom. The van der Waals surface area contributed by atoms with Crippen LogP contribution in [0, 0.1) is 0 Å². The molecular weight excluding hydrogens is 352 g/mol. The van der Waals surface area contributed by atoms with Gasteiger partial charge in [-0.1, -0.05) is 0 Å². The monoisotopic (exact) mass is 378 g/mol. The Hall–Kier alpha value is -2.61. The van der Waals surface area contributed by atoms with E-state index in [1.54, 1.807) is 32.9 Å². The van der Waals surface area contributed by atoms with Crippen molar-refractivity contribution in [2.45, 2.75) is 45.3 Å². The predicted molar refractivity (Wildman–Crippen MR) is 98.6 cm³/mol. The van der Waals surface area contributed by atoms with Crippen LogP contribution in [0.25, 0.3) is 0 Å². The van der Waals surface area contributed by atoms with Gasteiger partial charge in [0, 0.05) is 18.8 Å². The third-order valence-electron chi connectivity index (χ3n) is 3.65. The van der Waals surface area contributed by atoms with Gasteiger partial charge < -0.3 is 19.5 Å². The van der Waals surface area contributed by atoms with Crippen LogP contribution in [-0.4, -0.2) is 49.4 Å². The number of nitrogens with one attached hydrogen (secondary N) is 2. The normalized spacial score (nSPS) is 16.5. The topological polar surface area (TPSA) is 103 Å². The van der Waals surface area contributed by atoms with Crippen LogP contribution in [0.2, 0.25) is 0 Å². The summed E-state index contributed by atoms with van der Waals surface area (Å²) < 4.78 is 15.5. The van der Waals surface area contributed by atoms with Gasteiger partial charge in [0.15, 0.2) is 6.61 Å². The highest BCUT2D eigenvalue weighted by molar-refractivity contribution is 5.92. The minimum Gasteiger partial charge on any atom is -0.452 e. The van der Waals surface area contributed by atoms with Crippen molar-refractivity contribution in [3.05, 3.63) is 29.8 Å². The second kappa shape index (κ2) is 9.36. The number of carbonyl (C=O) groups excluding carboxylic acids is 3. The molecule has 2 N–H and O–H groups in total. The first-order valence-corrected chi connectivity index (χ1v) is 8.88. The molecule has 2 amide bonds. The summed E-state index contributed by atoms with van der Waals surface area (Å²) in [5.41, 5.74) is 0.157. The number of anilines is 1. The first-order valence-electron chi connectivity index (χ1n) is 8.88. The van der Waals surface area contributed by atoms with Crippen molar-refractivity contribution in [2.24, 2.45) is 0 Å². The van der Waals surface area contributed by atoms with E-state index in [4.69, 9.17) is 14.2 Å². The molecule has 0 bridgehead atoms. The van der Waals surface area contributed by atoms with Crippen molar-refractivity contribution in [2.75, 3.05) is 25.1 Å². The van der Waals surface area contributed by atoms with Gasteiger partial charge in [-0.05, 0) is 57.9 Å². The van der Waals surface area contributed by atoms with Crippen molar-refractivity contribution < 1.29 is 28.6 Å². The van der Waals surface area contributed by atoms with E-state index in [1.807, 2.05) is 0 Å². The molecule has 148 valence electrons. The summed E-state index contributed by atoms with van der Waals surface area (Å²) in [6, 6.07) is 6.11. The zero-order valence-electron chi connectivity index (χ0n) is 15.9. The van der Waals surface area contributed by atoms with E-state index in [2.05, 4.69) is 10.6 Å². The Balaban J connectivity index is 1.74. The molecule has 8 heteroatoms. The summed E-state index contributed by atoms with van der Waals surface area (Å²) in [4.78, 5) is 35.4. The lowest BCUT2D eigenvalue weighted by Gasteiger charge is -2.19. The van der Waals surface area contributed by atoms with Crippen LogP contribution >= 0.6 is 0 Å². The Bertz CT molecular complexity index is 660. The van der Waals surface area contributed by atoms with Crippen molar-refractivity contribution in [1.29, 1.82) is 0 Å². The van der Waals surface area contributed by atoms with Crippen molar-refractivity contribution in [1.82, 2.24) is 5.32 Å². The number of carbonyl (C=O) groups is 3. The van der Waals surface area contributed by atoms with Gasteiger partial charge >= 0.3 is 12.1 Å². The largest absolute Gasteiger partial charge is 0.452 e. The standard InChI is InChI=1S/C19H26N2O6/c1-19(2,3)27-18(24)21-14-8-6-13(7-9-14)17(23)26-12-16(22)20-11-15-5-4-10-25-15/h6-9,15H,4-5,10-12H2,1-3H3,(H,20,22)(H,21,24)/t15-/m0/s1. The molecule has 1 aliphatic heterocycles. The Kier molecular flexibility index (Phi) is 7.18. The number of esters is 1. The molecule has 0 spiro atoms. The maximum absolute atomic E-state index is 12.0. The molecule has 0 radical (unpaired) electrons. The van der Waals surface area contributed by atoms with E-state index in [-0.39, 0.29) is 24.2 Å². The number of ether oxygens (including phenoxy) is 3. The Morgan fingerprint density at radius 3 is 2.48 bits per heavy atom. The van der Waals surface area contributed by atoms with Crippen LogP contribution in [0.5, 0.6) is 0 Å². The van der Waals surface area contributed by atoms with E-state index in [0.717, 1.165) is 12.8 Å². The molecule has 1 fully saturated rings. The summed E-state index contributed by atoms with van der Waals surface area (Å²) in [6.07, 6.45) is 1.37. The first-order chi connectivity index (χ1) is 12.7. The smallest absolute Gasteiger partial charge is 0.412 e. The highest BCUT2D eigenvalue weighted by Gasteiger charge is 2.18. The van der Waals surface area contributed by atoms with E-state index < -0.39 is 17.7 Å². The van der Waals surface area contributed by atoms with Gasteiger partial charge in [-0.25, -0.2) is 9.59 Å². The summed E-state index contributed by atoms with van der Waals surface area (Å²) in [5, 5.41) is 5.25. The van der Waals surface area contributed by atoms with E-state index in [9.17, 15) is 14.4 Å². The quantitative estimate of drug-likeness (QED) is 0.737. The van der Waals surface area contributed by atoms with Gasteiger partial charge in [0.05, 0.1) is 11.7 Å². The molecule has 0 unspecified atom stereocenters. The molecule has 0 aromatic heterocycles. The van der Waals surface area contributed by atoms with Crippen molar-refractivity contribution >= 4 is 23.7 Å². The average Bonchev–Trinajstić information content (AvgIpc) is 3.10. The third kappa shape index (κ3) is 7.65. The van der Waals surface area contributed by atoms with Gasteiger partial charge in [-0.3, -0.25) is 10.1 Å². The molecule has 1 aromatic carbocycles. The van der Waals surface area contributed by atoms with Crippen LogP contribution < -0.4 is 10.6 Å². The zero-order valence-corrected chi connectivity index (χ0v) is 15.9. The molecular formula is C19H26N2O6. The molecule has 8 nitrogen and oxygen atoms in total. The molecule has 1 atom stereocenters. The molecule has 27 heavy (non-hydrogen) atoms. The second-order valence-corrected chi connectivity index (χ2v) is 7.22. The van der Waals surface area contributed by atoms with Crippen LogP contribution in [0.1, 0.15) is 44.0 Å². The summed E-state index contributed by atoms with van der Waals surface area (Å²) in [5.74, 6) is -0.992. The van der Waals surface area contributed by atoms with Gasteiger partial charge in [0.2, 0.25) is 0 Å². The van der Waals surface area contributed by atoms with Crippen LogP contribution in [-0.2, 0) is 19.0 Å². The molecule has 1 aromatic rings. The molecule has 0 aliphatic carbocycles. The summed E-state index contributed by atoms with van der Waals surface area (Å²) >= 11 is 0. The van der Waals surface area contributed by atoms with Crippen LogP contribution in [0.3, 0.4) is 0 Å².